The summed E-state index contributed by atoms with van der Waals surface area (Å²) in [5.74, 6) is 0.859. The first-order valence-electron chi connectivity index (χ1n) is 7.39. The maximum atomic E-state index is 5.94. The lowest BCUT2D eigenvalue weighted by molar-refractivity contribution is 0.342. The molecule has 3 rings (SSSR count). The maximum absolute atomic E-state index is 5.94. The van der Waals surface area contributed by atoms with Crippen molar-refractivity contribution in [3.63, 3.8) is 0 Å². The van der Waals surface area contributed by atoms with E-state index in [-0.39, 0.29) is 0 Å². The average Bonchev–Trinajstić information content (AvgIpc) is 3.23. The number of hydrogen-bond acceptors (Lipinski definition) is 2. The van der Waals surface area contributed by atoms with Gasteiger partial charge in [-0.3, -0.25) is 0 Å². The highest BCUT2D eigenvalue weighted by Gasteiger charge is 2.23. The SMILES string of the molecule is NC1CCC(NCc2cccc(C3CC3)c2)CC1. The van der Waals surface area contributed by atoms with Crippen molar-refractivity contribution in [3.8, 4) is 0 Å². The molecule has 0 amide bonds. The highest BCUT2D eigenvalue weighted by Crippen LogP contribution is 2.40. The Bertz CT molecular complexity index is 390. The predicted molar refractivity (Wildman–Crippen MR) is 75.5 cm³/mol. The summed E-state index contributed by atoms with van der Waals surface area (Å²) < 4.78 is 0. The second-order valence-corrected chi connectivity index (χ2v) is 6.01. The zero-order valence-corrected chi connectivity index (χ0v) is 11.1. The zero-order valence-electron chi connectivity index (χ0n) is 11.1. The molecule has 3 N–H and O–H groups in total. The third kappa shape index (κ3) is 3.12. The molecule has 18 heavy (non-hydrogen) atoms. The van der Waals surface area contributed by atoms with E-state index in [1.807, 2.05) is 0 Å². The summed E-state index contributed by atoms with van der Waals surface area (Å²) in [7, 11) is 0. The van der Waals surface area contributed by atoms with E-state index in [4.69, 9.17) is 5.73 Å². The van der Waals surface area contributed by atoms with E-state index >= 15 is 0 Å². The van der Waals surface area contributed by atoms with Crippen LogP contribution >= 0.6 is 0 Å². The highest BCUT2D eigenvalue weighted by molar-refractivity contribution is 5.29. The minimum absolute atomic E-state index is 0.446. The van der Waals surface area contributed by atoms with Gasteiger partial charge in [-0.2, -0.15) is 0 Å². The van der Waals surface area contributed by atoms with E-state index in [0.717, 1.165) is 12.5 Å². The number of hydrogen-bond donors (Lipinski definition) is 2. The topological polar surface area (TPSA) is 38.0 Å². The molecule has 0 bridgehead atoms. The van der Waals surface area contributed by atoms with E-state index in [2.05, 4.69) is 29.6 Å². The molecule has 0 radical (unpaired) electrons. The van der Waals surface area contributed by atoms with Gasteiger partial charge in [0.2, 0.25) is 0 Å². The first-order valence-corrected chi connectivity index (χ1v) is 7.39. The van der Waals surface area contributed by atoms with Crippen molar-refractivity contribution >= 4 is 0 Å². The number of benzene rings is 1. The third-order valence-corrected chi connectivity index (χ3v) is 4.37. The molecule has 2 aliphatic rings. The van der Waals surface area contributed by atoms with Gasteiger partial charge in [-0.25, -0.2) is 0 Å². The molecule has 0 heterocycles. The van der Waals surface area contributed by atoms with E-state index in [1.54, 1.807) is 5.56 Å². The van der Waals surface area contributed by atoms with Crippen molar-refractivity contribution in [2.75, 3.05) is 0 Å². The summed E-state index contributed by atoms with van der Waals surface area (Å²) >= 11 is 0. The van der Waals surface area contributed by atoms with Gasteiger partial charge in [-0.15, -0.1) is 0 Å². The molecule has 2 nitrogen and oxygen atoms in total. The van der Waals surface area contributed by atoms with E-state index in [1.165, 1.54) is 44.1 Å². The quantitative estimate of drug-likeness (QED) is 0.854. The fourth-order valence-corrected chi connectivity index (χ4v) is 2.96. The lowest BCUT2D eigenvalue weighted by Gasteiger charge is -2.27. The van der Waals surface area contributed by atoms with Crippen LogP contribution in [0.25, 0.3) is 0 Å². The fourth-order valence-electron chi connectivity index (χ4n) is 2.96. The summed E-state index contributed by atoms with van der Waals surface area (Å²) in [4.78, 5) is 0. The normalized spacial score (nSPS) is 28.3. The van der Waals surface area contributed by atoms with Gasteiger partial charge in [0.05, 0.1) is 0 Å². The second kappa shape index (κ2) is 5.41. The molecule has 0 aromatic heterocycles. The predicted octanol–water partition coefficient (Wildman–Crippen LogP) is 2.92. The van der Waals surface area contributed by atoms with Gasteiger partial charge < -0.3 is 11.1 Å². The van der Waals surface area contributed by atoms with Gasteiger partial charge in [0, 0.05) is 18.6 Å². The highest BCUT2D eigenvalue weighted by atomic mass is 14.9. The van der Waals surface area contributed by atoms with Gasteiger partial charge >= 0.3 is 0 Å². The van der Waals surface area contributed by atoms with Crippen molar-refractivity contribution in [2.45, 2.75) is 63.1 Å². The van der Waals surface area contributed by atoms with Crippen LogP contribution in [0.1, 0.15) is 55.6 Å². The Morgan fingerprint density at radius 2 is 1.83 bits per heavy atom. The molecule has 2 fully saturated rings. The van der Waals surface area contributed by atoms with Crippen LogP contribution in [0, 0.1) is 0 Å². The Kier molecular flexibility index (Phi) is 3.67. The maximum Gasteiger partial charge on any atom is 0.0208 e. The smallest absolute Gasteiger partial charge is 0.0208 e. The first-order chi connectivity index (χ1) is 8.81. The molecule has 0 unspecified atom stereocenters. The minimum atomic E-state index is 0.446. The Hall–Kier alpha value is -0.860. The van der Waals surface area contributed by atoms with Crippen LogP contribution in [0.4, 0.5) is 0 Å². The van der Waals surface area contributed by atoms with Gasteiger partial charge in [0.25, 0.3) is 0 Å². The Morgan fingerprint density at radius 1 is 1.06 bits per heavy atom. The zero-order chi connectivity index (χ0) is 12.4. The van der Waals surface area contributed by atoms with Crippen molar-refractivity contribution in [2.24, 2.45) is 5.73 Å². The fraction of sp³-hybridized carbons (Fsp3) is 0.625. The van der Waals surface area contributed by atoms with Crippen molar-refractivity contribution < 1.29 is 0 Å². The average molecular weight is 244 g/mol. The first kappa shape index (κ1) is 12.2. The Morgan fingerprint density at radius 3 is 2.56 bits per heavy atom. The minimum Gasteiger partial charge on any atom is -0.328 e. The molecule has 2 saturated carbocycles. The van der Waals surface area contributed by atoms with Crippen LogP contribution in [-0.2, 0) is 6.54 Å². The standard InChI is InChI=1S/C16H24N2/c17-15-6-8-16(9-7-15)18-11-12-2-1-3-14(10-12)13-4-5-13/h1-3,10,13,15-16,18H,4-9,11,17H2. The van der Waals surface area contributed by atoms with Crippen LogP contribution in [0.5, 0.6) is 0 Å². The van der Waals surface area contributed by atoms with Crippen LogP contribution in [0.2, 0.25) is 0 Å². The van der Waals surface area contributed by atoms with Crippen molar-refractivity contribution in [1.29, 1.82) is 0 Å². The number of nitrogens with one attached hydrogen (secondary N) is 1. The lowest BCUT2D eigenvalue weighted by atomic mass is 9.91. The second-order valence-electron chi connectivity index (χ2n) is 6.01. The summed E-state index contributed by atoms with van der Waals surface area (Å²) in [5.41, 5.74) is 8.92. The third-order valence-electron chi connectivity index (χ3n) is 4.37. The van der Waals surface area contributed by atoms with Crippen LogP contribution in [-0.4, -0.2) is 12.1 Å². The Balaban J connectivity index is 1.51. The largest absolute Gasteiger partial charge is 0.328 e. The van der Waals surface area contributed by atoms with E-state index < -0.39 is 0 Å². The van der Waals surface area contributed by atoms with Gasteiger partial charge in [0.15, 0.2) is 0 Å². The Labute approximate surface area is 110 Å². The van der Waals surface area contributed by atoms with Crippen LogP contribution < -0.4 is 11.1 Å². The summed E-state index contributed by atoms with van der Waals surface area (Å²) in [5, 5.41) is 3.69. The molecule has 0 aliphatic heterocycles. The van der Waals surface area contributed by atoms with Gasteiger partial charge in [-0.05, 0) is 55.6 Å². The summed E-state index contributed by atoms with van der Waals surface area (Å²) in [6, 6.07) is 10.2. The van der Waals surface area contributed by atoms with Gasteiger partial charge in [-0.1, -0.05) is 24.3 Å². The molecule has 2 aliphatic carbocycles. The lowest BCUT2D eigenvalue weighted by Crippen LogP contribution is -2.37. The summed E-state index contributed by atoms with van der Waals surface area (Å²) in [6.45, 7) is 1.01. The molecule has 98 valence electrons. The number of nitrogens with two attached hydrogens (primary N) is 1. The molecule has 0 atom stereocenters. The van der Waals surface area contributed by atoms with Crippen molar-refractivity contribution in [3.05, 3.63) is 35.4 Å². The van der Waals surface area contributed by atoms with Gasteiger partial charge in [0.1, 0.15) is 0 Å². The molecule has 2 heteroatoms. The van der Waals surface area contributed by atoms with E-state index in [0.29, 0.717) is 12.1 Å². The van der Waals surface area contributed by atoms with Crippen LogP contribution in [0.3, 0.4) is 0 Å². The summed E-state index contributed by atoms with van der Waals surface area (Å²) in [6.07, 6.45) is 7.61. The molecule has 0 spiro atoms. The number of rotatable bonds is 4. The van der Waals surface area contributed by atoms with Crippen molar-refractivity contribution in [1.82, 2.24) is 5.32 Å². The van der Waals surface area contributed by atoms with E-state index in [9.17, 15) is 0 Å². The monoisotopic (exact) mass is 244 g/mol. The molecule has 0 saturated heterocycles. The van der Waals surface area contributed by atoms with Crippen LogP contribution in [0.15, 0.2) is 24.3 Å². The molecule has 1 aromatic carbocycles. The molecule has 1 aromatic rings. The molecular formula is C16H24N2. The molecular weight excluding hydrogens is 220 g/mol.